The van der Waals surface area contributed by atoms with Crippen LogP contribution in [0.25, 0.3) is 0 Å². The van der Waals surface area contributed by atoms with E-state index < -0.39 is 23.7 Å². The lowest BCUT2D eigenvalue weighted by molar-refractivity contribution is -0.144. The molecule has 108 valence electrons. The second-order valence-corrected chi connectivity index (χ2v) is 5.22. The lowest BCUT2D eigenvalue weighted by atomic mass is 9.92. The van der Waals surface area contributed by atoms with Crippen molar-refractivity contribution in [2.75, 3.05) is 12.3 Å². The van der Waals surface area contributed by atoms with Crippen LogP contribution in [0.4, 0.5) is 10.1 Å². The third-order valence-electron chi connectivity index (χ3n) is 3.66. The van der Waals surface area contributed by atoms with Crippen LogP contribution in [0.5, 0.6) is 0 Å². The van der Waals surface area contributed by atoms with Gasteiger partial charge in [0.15, 0.2) is 0 Å². The van der Waals surface area contributed by atoms with E-state index >= 15 is 0 Å². The molecule has 3 N–H and O–H groups in total. The van der Waals surface area contributed by atoms with E-state index in [9.17, 15) is 19.1 Å². The molecule has 0 bridgehead atoms. The molecule has 1 aliphatic rings. The third kappa shape index (κ3) is 2.74. The summed E-state index contributed by atoms with van der Waals surface area (Å²) in [5.74, 6) is -1.92. The number of benzene rings is 1. The Morgan fingerprint density at radius 2 is 2.15 bits per heavy atom. The second kappa shape index (κ2) is 5.48. The van der Waals surface area contributed by atoms with Crippen molar-refractivity contribution in [1.82, 2.24) is 4.90 Å². The van der Waals surface area contributed by atoms with Gasteiger partial charge in [0.05, 0.1) is 5.69 Å². The van der Waals surface area contributed by atoms with Crippen molar-refractivity contribution < 1.29 is 19.1 Å². The zero-order valence-corrected chi connectivity index (χ0v) is 11.2. The monoisotopic (exact) mass is 280 g/mol. The topological polar surface area (TPSA) is 83.6 Å². The summed E-state index contributed by atoms with van der Waals surface area (Å²) in [5.41, 5.74) is 5.45. The number of likely N-dealkylation sites (tertiary alicyclic amines) is 1. The molecule has 20 heavy (non-hydrogen) atoms. The first-order valence-electron chi connectivity index (χ1n) is 6.49. The van der Waals surface area contributed by atoms with Crippen LogP contribution < -0.4 is 5.73 Å². The maximum absolute atomic E-state index is 13.4. The Morgan fingerprint density at radius 1 is 1.45 bits per heavy atom. The molecule has 0 aromatic heterocycles. The van der Waals surface area contributed by atoms with Crippen LogP contribution in [-0.4, -0.2) is 34.5 Å². The van der Waals surface area contributed by atoms with Crippen molar-refractivity contribution in [2.45, 2.75) is 25.8 Å². The van der Waals surface area contributed by atoms with Gasteiger partial charge in [-0.25, -0.2) is 9.18 Å². The lowest BCUT2D eigenvalue weighted by Gasteiger charge is -2.36. The van der Waals surface area contributed by atoms with E-state index in [1.54, 1.807) is 0 Å². The van der Waals surface area contributed by atoms with E-state index in [1.165, 1.54) is 17.0 Å². The first kappa shape index (κ1) is 14.3. The van der Waals surface area contributed by atoms with Gasteiger partial charge in [0.1, 0.15) is 11.9 Å². The molecule has 0 radical (unpaired) electrons. The molecular weight excluding hydrogens is 263 g/mol. The number of amides is 1. The molecule has 6 heteroatoms. The minimum Gasteiger partial charge on any atom is -0.480 e. The quantitative estimate of drug-likeness (QED) is 0.808. The van der Waals surface area contributed by atoms with Crippen LogP contribution in [0.15, 0.2) is 18.2 Å². The zero-order valence-electron chi connectivity index (χ0n) is 11.2. The van der Waals surface area contributed by atoms with Crippen LogP contribution in [0.3, 0.4) is 0 Å². The summed E-state index contributed by atoms with van der Waals surface area (Å²) in [5, 5.41) is 9.23. The predicted molar refractivity (Wildman–Crippen MR) is 71.7 cm³/mol. The molecule has 5 nitrogen and oxygen atoms in total. The van der Waals surface area contributed by atoms with Gasteiger partial charge in [-0.3, -0.25) is 4.79 Å². The number of hydrogen-bond donors (Lipinski definition) is 2. The van der Waals surface area contributed by atoms with Crippen molar-refractivity contribution in [2.24, 2.45) is 5.92 Å². The van der Waals surface area contributed by atoms with E-state index in [2.05, 4.69) is 0 Å². The van der Waals surface area contributed by atoms with Gasteiger partial charge in [0.2, 0.25) is 0 Å². The minimum absolute atomic E-state index is 0.0383. The highest BCUT2D eigenvalue weighted by Crippen LogP contribution is 2.25. The van der Waals surface area contributed by atoms with Crippen LogP contribution in [0, 0.1) is 11.7 Å². The highest BCUT2D eigenvalue weighted by molar-refractivity contribution is 5.97. The number of carbonyl (C=O) groups excluding carboxylic acids is 1. The fourth-order valence-corrected chi connectivity index (χ4v) is 2.44. The summed E-state index contributed by atoms with van der Waals surface area (Å²) in [6.45, 7) is 2.32. The Kier molecular flexibility index (Phi) is 3.92. The predicted octanol–water partition coefficient (Wildman–Crippen LogP) is 1.73. The van der Waals surface area contributed by atoms with Gasteiger partial charge in [-0.05, 0) is 37.0 Å². The van der Waals surface area contributed by atoms with Crippen molar-refractivity contribution in [3.8, 4) is 0 Å². The average molecular weight is 280 g/mol. The molecule has 1 aromatic rings. The van der Waals surface area contributed by atoms with E-state index in [-0.39, 0.29) is 17.2 Å². The van der Waals surface area contributed by atoms with Crippen molar-refractivity contribution >= 4 is 17.6 Å². The fourth-order valence-electron chi connectivity index (χ4n) is 2.44. The number of nitrogen functional groups attached to an aromatic ring is 1. The van der Waals surface area contributed by atoms with E-state index in [1.807, 2.05) is 6.92 Å². The van der Waals surface area contributed by atoms with Gasteiger partial charge in [0, 0.05) is 12.1 Å². The molecule has 2 unspecified atom stereocenters. The number of halogens is 1. The Morgan fingerprint density at radius 3 is 2.75 bits per heavy atom. The summed E-state index contributed by atoms with van der Waals surface area (Å²) in [4.78, 5) is 24.9. The minimum atomic E-state index is -1.03. The molecule has 0 saturated carbocycles. The highest BCUT2D eigenvalue weighted by Gasteiger charge is 2.35. The Balaban J connectivity index is 2.26. The average Bonchev–Trinajstić information content (AvgIpc) is 2.41. The summed E-state index contributed by atoms with van der Waals surface area (Å²) in [6.07, 6.45) is 1.16. The van der Waals surface area contributed by atoms with Crippen LogP contribution in [0.2, 0.25) is 0 Å². The standard InChI is InChI=1S/C14H17FN2O3/c1-8-4-5-17(12(6-8)14(19)20)13(18)9-2-3-11(16)10(15)7-9/h2-3,7-8,12H,4-6,16H2,1H3,(H,19,20). The van der Waals surface area contributed by atoms with Gasteiger partial charge in [-0.1, -0.05) is 6.92 Å². The molecule has 1 saturated heterocycles. The highest BCUT2D eigenvalue weighted by atomic mass is 19.1. The summed E-state index contributed by atoms with van der Waals surface area (Å²) >= 11 is 0. The van der Waals surface area contributed by atoms with E-state index in [4.69, 9.17) is 5.73 Å². The van der Waals surface area contributed by atoms with Gasteiger partial charge in [-0.2, -0.15) is 0 Å². The largest absolute Gasteiger partial charge is 0.480 e. The first-order chi connectivity index (χ1) is 9.40. The molecule has 1 amide bonds. The Bertz CT molecular complexity index is 547. The molecule has 0 aliphatic carbocycles. The Labute approximate surface area is 116 Å². The van der Waals surface area contributed by atoms with E-state index in [0.29, 0.717) is 13.0 Å². The summed E-state index contributed by atoms with van der Waals surface area (Å²) < 4.78 is 13.4. The number of carboxylic acid groups (broad SMARTS) is 1. The number of anilines is 1. The first-order valence-corrected chi connectivity index (χ1v) is 6.49. The summed E-state index contributed by atoms with van der Waals surface area (Å²) in [7, 11) is 0. The Hall–Kier alpha value is -2.11. The van der Waals surface area contributed by atoms with Gasteiger partial charge >= 0.3 is 5.97 Å². The molecule has 0 spiro atoms. The number of carbonyl (C=O) groups is 2. The molecule has 2 atom stereocenters. The zero-order chi connectivity index (χ0) is 14.9. The number of piperidine rings is 1. The maximum Gasteiger partial charge on any atom is 0.326 e. The van der Waals surface area contributed by atoms with Gasteiger partial charge in [0.25, 0.3) is 5.91 Å². The smallest absolute Gasteiger partial charge is 0.326 e. The van der Waals surface area contributed by atoms with E-state index in [0.717, 1.165) is 12.5 Å². The fraction of sp³-hybridized carbons (Fsp3) is 0.429. The van der Waals surface area contributed by atoms with Crippen LogP contribution >= 0.6 is 0 Å². The molecule has 1 aromatic carbocycles. The summed E-state index contributed by atoms with van der Waals surface area (Å²) in [6, 6.07) is 2.92. The third-order valence-corrected chi connectivity index (χ3v) is 3.66. The van der Waals surface area contributed by atoms with Crippen LogP contribution in [-0.2, 0) is 4.79 Å². The van der Waals surface area contributed by atoms with Crippen LogP contribution in [0.1, 0.15) is 30.1 Å². The lowest BCUT2D eigenvalue weighted by Crippen LogP contribution is -2.49. The molecule has 1 fully saturated rings. The van der Waals surface area contributed by atoms with Crippen molar-refractivity contribution in [3.63, 3.8) is 0 Å². The number of nitrogens with zero attached hydrogens (tertiary/aromatic N) is 1. The van der Waals surface area contributed by atoms with Crippen molar-refractivity contribution in [3.05, 3.63) is 29.6 Å². The number of nitrogens with two attached hydrogens (primary N) is 1. The second-order valence-electron chi connectivity index (χ2n) is 5.22. The molecule has 1 aliphatic heterocycles. The number of rotatable bonds is 2. The number of aliphatic carboxylic acids is 1. The van der Waals surface area contributed by atoms with Gasteiger partial charge in [-0.15, -0.1) is 0 Å². The maximum atomic E-state index is 13.4. The SMILES string of the molecule is CC1CCN(C(=O)c2ccc(N)c(F)c2)C(C(=O)O)C1. The van der Waals surface area contributed by atoms with Crippen molar-refractivity contribution in [1.29, 1.82) is 0 Å². The number of hydrogen-bond acceptors (Lipinski definition) is 3. The normalized spacial score (nSPS) is 22.6. The molecule has 2 rings (SSSR count). The molecular formula is C14H17FN2O3. The van der Waals surface area contributed by atoms with Gasteiger partial charge < -0.3 is 15.7 Å². The number of carboxylic acids is 1. The molecule has 1 heterocycles.